The molecule has 0 spiro atoms. The van der Waals surface area contributed by atoms with Crippen molar-refractivity contribution in [2.75, 3.05) is 5.88 Å². The van der Waals surface area contributed by atoms with E-state index < -0.39 is 0 Å². The van der Waals surface area contributed by atoms with E-state index in [1.807, 2.05) is 29.7 Å². The van der Waals surface area contributed by atoms with Gasteiger partial charge in [-0.25, -0.2) is 0 Å². The van der Waals surface area contributed by atoms with Crippen molar-refractivity contribution in [1.82, 2.24) is 0 Å². The Balaban J connectivity index is 2.45. The molecule has 0 aliphatic rings. The van der Waals surface area contributed by atoms with E-state index in [9.17, 15) is 0 Å². The first-order chi connectivity index (χ1) is 5.43. The number of thioether (sulfide) groups is 1. The molecule has 0 amide bonds. The maximum atomic E-state index is 5.47. The van der Waals surface area contributed by atoms with Crippen molar-refractivity contribution in [1.29, 1.82) is 0 Å². The standard InChI is InChI=1S/C9H9ClS/c10-7-4-8-11-9-5-2-1-3-6-9/h1-6,8H,7H2/b8-4+. The van der Waals surface area contributed by atoms with Crippen molar-refractivity contribution in [2.45, 2.75) is 4.90 Å². The molecule has 1 aromatic carbocycles. The molecule has 0 bridgehead atoms. The van der Waals surface area contributed by atoms with E-state index in [2.05, 4.69) is 12.1 Å². The van der Waals surface area contributed by atoms with Crippen LogP contribution >= 0.6 is 23.4 Å². The highest BCUT2D eigenvalue weighted by molar-refractivity contribution is 8.02. The van der Waals surface area contributed by atoms with Gasteiger partial charge in [-0.3, -0.25) is 0 Å². The normalized spacial score (nSPS) is 10.6. The summed E-state index contributed by atoms with van der Waals surface area (Å²) in [6, 6.07) is 10.2. The van der Waals surface area contributed by atoms with E-state index in [0.29, 0.717) is 5.88 Å². The van der Waals surface area contributed by atoms with Crippen molar-refractivity contribution in [2.24, 2.45) is 0 Å². The highest BCUT2D eigenvalue weighted by atomic mass is 35.5. The Hall–Kier alpha value is -0.400. The minimum absolute atomic E-state index is 0.583. The van der Waals surface area contributed by atoms with Gasteiger partial charge in [-0.15, -0.1) is 11.6 Å². The molecule has 0 unspecified atom stereocenters. The maximum Gasteiger partial charge on any atom is 0.0412 e. The number of hydrogen-bond donors (Lipinski definition) is 0. The largest absolute Gasteiger partial charge is 0.122 e. The fraction of sp³-hybridized carbons (Fsp3) is 0.111. The molecule has 2 heteroatoms. The Morgan fingerprint density at radius 3 is 2.64 bits per heavy atom. The summed E-state index contributed by atoms with van der Waals surface area (Å²) in [6.07, 6.45) is 1.93. The summed E-state index contributed by atoms with van der Waals surface area (Å²) in [5.74, 6) is 0.583. The molecule has 1 rings (SSSR count). The van der Waals surface area contributed by atoms with Gasteiger partial charge in [-0.05, 0) is 17.5 Å². The fourth-order valence-corrected chi connectivity index (χ4v) is 1.52. The lowest BCUT2D eigenvalue weighted by Crippen LogP contribution is -1.64. The van der Waals surface area contributed by atoms with Crippen molar-refractivity contribution in [3.05, 3.63) is 41.8 Å². The third kappa shape index (κ3) is 3.49. The maximum absolute atomic E-state index is 5.47. The van der Waals surface area contributed by atoms with Gasteiger partial charge in [0.15, 0.2) is 0 Å². The van der Waals surface area contributed by atoms with Gasteiger partial charge in [0, 0.05) is 10.8 Å². The van der Waals surface area contributed by atoms with Crippen LogP contribution in [0.4, 0.5) is 0 Å². The smallest absolute Gasteiger partial charge is 0.0412 e. The second kappa shape index (κ2) is 5.28. The van der Waals surface area contributed by atoms with Gasteiger partial charge >= 0.3 is 0 Å². The number of benzene rings is 1. The molecule has 0 saturated carbocycles. The molecular weight excluding hydrogens is 176 g/mol. The lowest BCUT2D eigenvalue weighted by atomic mass is 10.4. The molecule has 0 heterocycles. The van der Waals surface area contributed by atoms with Gasteiger partial charge in [-0.1, -0.05) is 36.0 Å². The van der Waals surface area contributed by atoms with Gasteiger partial charge in [0.2, 0.25) is 0 Å². The Morgan fingerprint density at radius 2 is 2.00 bits per heavy atom. The molecule has 0 radical (unpaired) electrons. The van der Waals surface area contributed by atoms with Crippen LogP contribution in [0.2, 0.25) is 0 Å². The van der Waals surface area contributed by atoms with E-state index in [0.717, 1.165) is 0 Å². The average molecular weight is 185 g/mol. The SMILES string of the molecule is ClC/C=C/Sc1ccccc1. The number of rotatable bonds is 3. The van der Waals surface area contributed by atoms with Crippen LogP contribution in [0.5, 0.6) is 0 Å². The Labute approximate surface area is 76.3 Å². The van der Waals surface area contributed by atoms with Crippen LogP contribution in [0.3, 0.4) is 0 Å². The predicted molar refractivity (Wildman–Crippen MR) is 52.2 cm³/mol. The number of hydrogen-bond acceptors (Lipinski definition) is 1. The summed E-state index contributed by atoms with van der Waals surface area (Å²) >= 11 is 7.15. The molecule has 0 aliphatic carbocycles. The summed E-state index contributed by atoms with van der Waals surface area (Å²) in [4.78, 5) is 1.24. The van der Waals surface area contributed by atoms with Gasteiger partial charge in [0.1, 0.15) is 0 Å². The minimum Gasteiger partial charge on any atom is -0.122 e. The summed E-state index contributed by atoms with van der Waals surface area (Å²) in [5, 5.41) is 2.00. The fourth-order valence-electron chi connectivity index (χ4n) is 0.662. The number of halogens is 1. The highest BCUT2D eigenvalue weighted by Gasteiger charge is 1.84. The zero-order chi connectivity index (χ0) is 7.94. The van der Waals surface area contributed by atoms with Crippen LogP contribution in [0.15, 0.2) is 46.7 Å². The van der Waals surface area contributed by atoms with Crippen molar-refractivity contribution >= 4 is 23.4 Å². The second-order valence-corrected chi connectivity index (χ2v) is 3.24. The Morgan fingerprint density at radius 1 is 1.27 bits per heavy atom. The van der Waals surface area contributed by atoms with E-state index in [4.69, 9.17) is 11.6 Å². The second-order valence-electron chi connectivity index (χ2n) is 1.96. The Bertz CT molecular complexity index is 218. The van der Waals surface area contributed by atoms with Gasteiger partial charge in [0.05, 0.1) is 0 Å². The molecule has 0 N–H and O–H groups in total. The molecule has 58 valence electrons. The monoisotopic (exact) mass is 184 g/mol. The summed E-state index contributed by atoms with van der Waals surface area (Å²) in [6.45, 7) is 0. The van der Waals surface area contributed by atoms with Crippen LogP contribution in [-0.4, -0.2) is 5.88 Å². The molecule has 1 aromatic rings. The third-order valence-electron chi connectivity index (χ3n) is 1.13. The number of alkyl halides is 1. The summed E-state index contributed by atoms with van der Waals surface area (Å²) < 4.78 is 0. The first kappa shape index (κ1) is 8.69. The Kier molecular flexibility index (Phi) is 4.17. The van der Waals surface area contributed by atoms with Gasteiger partial charge < -0.3 is 0 Å². The van der Waals surface area contributed by atoms with Crippen molar-refractivity contribution in [3.63, 3.8) is 0 Å². The van der Waals surface area contributed by atoms with Crippen LogP contribution in [0, 0.1) is 0 Å². The van der Waals surface area contributed by atoms with E-state index in [1.165, 1.54) is 4.90 Å². The van der Waals surface area contributed by atoms with E-state index >= 15 is 0 Å². The molecule has 0 atom stereocenters. The van der Waals surface area contributed by atoms with Crippen LogP contribution in [-0.2, 0) is 0 Å². The molecular formula is C9H9ClS. The lowest BCUT2D eigenvalue weighted by Gasteiger charge is -1.91. The summed E-state index contributed by atoms with van der Waals surface area (Å²) in [5.41, 5.74) is 0. The molecule has 11 heavy (non-hydrogen) atoms. The average Bonchev–Trinajstić information content (AvgIpc) is 2.07. The quantitative estimate of drug-likeness (QED) is 0.512. The van der Waals surface area contributed by atoms with E-state index in [1.54, 1.807) is 11.8 Å². The number of allylic oxidation sites excluding steroid dienone is 1. The van der Waals surface area contributed by atoms with E-state index in [-0.39, 0.29) is 0 Å². The first-order valence-electron chi connectivity index (χ1n) is 3.36. The van der Waals surface area contributed by atoms with Crippen LogP contribution < -0.4 is 0 Å². The molecule has 0 aliphatic heterocycles. The molecule has 0 fully saturated rings. The zero-order valence-electron chi connectivity index (χ0n) is 6.03. The van der Waals surface area contributed by atoms with Crippen LogP contribution in [0.25, 0.3) is 0 Å². The summed E-state index contributed by atoms with van der Waals surface area (Å²) in [7, 11) is 0. The van der Waals surface area contributed by atoms with Crippen molar-refractivity contribution < 1.29 is 0 Å². The minimum atomic E-state index is 0.583. The highest BCUT2D eigenvalue weighted by Crippen LogP contribution is 2.17. The topological polar surface area (TPSA) is 0 Å². The first-order valence-corrected chi connectivity index (χ1v) is 4.77. The predicted octanol–water partition coefficient (Wildman–Crippen LogP) is 3.53. The molecule has 0 nitrogen and oxygen atoms in total. The van der Waals surface area contributed by atoms with Gasteiger partial charge in [0.25, 0.3) is 0 Å². The van der Waals surface area contributed by atoms with Gasteiger partial charge in [-0.2, -0.15) is 0 Å². The van der Waals surface area contributed by atoms with Crippen molar-refractivity contribution in [3.8, 4) is 0 Å². The lowest BCUT2D eigenvalue weighted by molar-refractivity contribution is 1.47. The van der Waals surface area contributed by atoms with Crippen LogP contribution in [0.1, 0.15) is 0 Å². The zero-order valence-corrected chi connectivity index (χ0v) is 7.61. The molecule has 0 saturated heterocycles. The third-order valence-corrected chi connectivity index (χ3v) is 2.18. The molecule has 0 aromatic heterocycles.